The molecule has 1 amide bonds. The smallest absolute Gasteiger partial charge is 0.233 e. The molecule has 2 aromatic carbocycles. The van der Waals surface area contributed by atoms with Gasteiger partial charge in [-0.1, -0.05) is 29.8 Å². The van der Waals surface area contributed by atoms with Gasteiger partial charge in [0.15, 0.2) is 11.5 Å². The standard InChI is InChI=1S/C18H19ClN2O3/c19-15-4-1-13(2-5-15)7-8-21-18(22)11-20-10-14-3-6-16-17(9-14)24-12-23-16/h1-6,9,20H,7-8,10-12H2,(H,21,22). The Bertz CT molecular complexity index is 704. The molecule has 0 saturated heterocycles. The number of rotatable bonds is 7. The number of carbonyl (C=O) groups is 1. The van der Waals surface area contributed by atoms with Crippen LogP contribution in [0.1, 0.15) is 11.1 Å². The summed E-state index contributed by atoms with van der Waals surface area (Å²) in [5, 5.41) is 6.74. The summed E-state index contributed by atoms with van der Waals surface area (Å²) in [5.74, 6) is 1.49. The maximum atomic E-state index is 11.8. The third-order valence-electron chi connectivity index (χ3n) is 3.70. The molecule has 2 N–H and O–H groups in total. The Morgan fingerprint density at radius 1 is 1.04 bits per heavy atom. The second-order valence-corrected chi connectivity index (χ2v) is 5.95. The summed E-state index contributed by atoms with van der Waals surface area (Å²) in [4.78, 5) is 11.8. The molecule has 2 aromatic rings. The number of halogens is 1. The number of amides is 1. The summed E-state index contributed by atoms with van der Waals surface area (Å²) in [5.41, 5.74) is 2.20. The van der Waals surface area contributed by atoms with Crippen LogP contribution in [0.3, 0.4) is 0 Å². The van der Waals surface area contributed by atoms with Crippen molar-refractivity contribution in [2.45, 2.75) is 13.0 Å². The summed E-state index contributed by atoms with van der Waals surface area (Å²) in [6.07, 6.45) is 0.783. The summed E-state index contributed by atoms with van der Waals surface area (Å²) in [7, 11) is 0. The Balaban J connectivity index is 1.34. The van der Waals surface area contributed by atoms with Crippen molar-refractivity contribution in [3.8, 4) is 11.5 Å². The summed E-state index contributed by atoms with van der Waals surface area (Å²) in [6, 6.07) is 13.4. The number of hydrogen-bond donors (Lipinski definition) is 2. The highest BCUT2D eigenvalue weighted by molar-refractivity contribution is 6.30. The third kappa shape index (κ3) is 4.63. The van der Waals surface area contributed by atoms with Gasteiger partial charge in [0.2, 0.25) is 12.7 Å². The molecule has 1 heterocycles. The van der Waals surface area contributed by atoms with E-state index in [0.29, 0.717) is 13.1 Å². The van der Waals surface area contributed by atoms with E-state index >= 15 is 0 Å². The maximum Gasteiger partial charge on any atom is 0.233 e. The van der Waals surface area contributed by atoms with E-state index in [9.17, 15) is 4.79 Å². The quantitative estimate of drug-likeness (QED) is 0.808. The lowest BCUT2D eigenvalue weighted by atomic mass is 10.1. The fourth-order valence-electron chi connectivity index (χ4n) is 2.43. The first-order valence-electron chi connectivity index (χ1n) is 7.81. The minimum atomic E-state index is -0.0234. The molecule has 0 spiro atoms. The summed E-state index contributed by atoms with van der Waals surface area (Å²) < 4.78 is 10.6. The zero-order chi connectivity index (χ0) is 16.8. The lowest BCUT2D eigenvalue weighted by Crippen LogP contribution is -2.34. The third-order valence-corrected chi connectivity index (χ3v) is 3.95. The van der Waals surface area contributed by atoms with Crippen molar-refractivity contribution in [2.75, 3.05) is 19.9 Å². The molecule has 126 valence electrons. The van der Waals surface area contributed by atoms with Crippen molar-refractivity contribution >= 4 is 17.5 Å². The van der Waals surface area contributed by atoms with E-state index in [1.54, 1.807) is 0 Å². The van der Waals surface area contributed by atoms with Crippen LogP contribution in [-0.4, -0.2) is 25.8 Å². The van der Waals surface area contributed by atoms with Crippen molar-refractivity contribution in [2.24, 2.45) is 0 Å². The summed E-state index contributed by atoms with van der Waals surface area (Å²) in [6.45, 7) is 1.74. The first-order chi connectivity index (χ1) is 11.7. The fraction of sp³-hybridized carbons (Fsp3) is 0.278. The van der Waals surface area contributed by atoms with Crippen LogP contribution in [0.15, 0.2) is 42.5 Å². The average molecular weight is 347 g/mol. The van der Waals surface area contributed by atoms with E-state index in [0.717, 1.165) is 34.1 Å². The number of carbonyl (C=O) groups excluding carboxylic acids is 1. The van der Waals surface area contributed by atoms with Gasteiger partial charge in [0.05, 0.1) is 6.54 Å². The van der Waals surface area contributed by atoms with E-state index in [1.807, 2.05) is 42.5 Å². The molecule has 5 nitrogen and oxygen atoms in total. The minimum absolute atomic E-state index is 0.0234. The Kier molecular flexibility index (Phi) is 5.56. The predicted molar refractivity (Wildman–Crippen MR) is 92.4 cm³/mol. The zero-order valence-electron chi connectivity index (χ0n) is 13.2. The number of fused-ring (bicyclic) bond motifs is 1. The van der Waals surface area contributed by atoms with E-state index in [2.05, 4.69) is 10.6 Å². The molecule has 24 heavy (non-hydrogen) atoms. The monoisotopic (exact) mass is 346 g/mol. The van der Waals surface area contributed by atoms with Gasteiger partial charge in [-0.05, 0) is 41.8 Å². The van der Waals surface area contributed by atoms with Crippen LogP contribution in [0.4, 0.5) is 0 Å². The van der Waals surface area contributed by atoms with E-state index in [1.165, 1.54) is 0 Å². The Hall–Kier alpha value is -2.24. The van der Waals surface area contributed by atoms with Gasteiger partial charge in [0.1, 0.15) is 0 Å². The van der Waals surface area contributed by atoms with Crippen molar-refractivity contribution in [1.82, 2.24) is 10.6 Å². The zero-order valence-corrected chi connectivity index (χ0v) is 13.9. The highest BCUT2D eigenvalue weighted by atomic mass is 35.5. The molecule has 0 aliphatic carbocycles. The SMILES string of the molecule is O=C(CNCc1ccc2c(c1)OCO2)NCCc1ccc(Cl)cc1. The van der Waals surface area contributed by atoms with Gasteiger partial charge < -0.3 is 20.1 Å². The topological polar surface area (TPSA) is 59.6 Å². The van der Waals surface area contributed by atoms with Crippen LogP contribution in [0.5, 0.6) is 11.5 Å². The lowest BCUT2D eigenvalue weighted by Gasteiger charge is -2.08. The second-order valence-electron chi connectivity index (χ2n) is 5.52. The number of nitrogens with one attached hydrogen (secondary N) is 2. The van der Waals surface area contributed by atoms with Gasteiger partial charge in [-0.15, -0.1) is 0 Å². The average Bonchev–Trinajstić information content (AvgIpc) is 3.04. The molecule has 3 rings (SSSR count). The van der Waals surface area contributed by atoms with Crippen LogP contribution in [0, 0.1) is 0 Å². The molecule has 0 bridgehead atoms. The molecule has 1 aliphatic heterocycles. The van der Waals surface area contributed by atoms with Gasteiger partial charge in [-0.3, -0.25) is 4.79 Å². The van der Waals surface area contributed by atoms with E-state index in [-0.39, 0.29) is 19.2 Å². The van der Waals surface area contributed by atoms with Gasteiger partial charge in [0.25, 0.3) is 0 Å². The second kappa shape index (κ2) is 8.04. The molecule has 0 unspecified atom stereocenters. The van der Waals surface area contributed by atoms with Gasteiger partial charge in [-0.25, -0.2) is 0 Å². The van der Waals surface area contributed by atoms with Gasteiger partial charge >= 0.3 is 0 Å². The fourth-order valence-corrected chi connectivity index (χ4v) is 2.56. The molecule has 0 fully saturated rings. The Morgan fingerprint density at radius 2 is 1.79 bits per heavy atom. The highest BCUT2D eigenvalue weighted by Gasteiger charge is 2.13. The van der Waals surface area contributed by atoms with Crippen LogP contribution < -0.4 is 20.1 Å². The number of ether oxygens (including phenoxy) is 2. The molecule has 0 saturated carbocycles. The molecule has 6 heteroatoms. The lowest BCUT2D eigenvalue weighted by molar-refractivity contribution is -0.120. The minimum Gasteiger partial charge on any atom is -0.454 e. The predicted octanol–water partition coefficient (Wildman–Crippen LogP) is 2.52. The number of hydrogen-bond acceptors (Lipinski definition) is 4. The Labute approximate surface area is 145 Å². The van der Waals surface area contributed by atoms with E-state index in [4.69, 9.17) is 21.1 Å². The first kappa shape index (κ1) is 16.6. The van der Waals surface area contributed by atoms with Crippen molar-refractivity contribution in [3.63, 3.8) is 0 Å². The molecular formula is C18H19ClN2O3. The largest absolute Gasteiger partial charge is 0.454 e. The molecule has 0 radical (unpaired) electrons. The van der Waals surface area contributed by atoms with Gasteiger partial charge in [-0.2, -0.15) is 0 Å². The number of benzene rings is 2. The highest BCUT2D eigenvalue weighted by Crippen LogP contribution is 2.32. The normalized spacial score (nSPS) is 12.2. The van der Waals surface area contributed by atoms with Crippen molar-refractivity contribution in [3.05, 3.63) is 58.6 Å². The first-order valence-corrected chi connectivity index (χ1v) is 8.19. The van der Waals surface area contributed by atoms with Crippen molar-refractivity contribution < 1.29 is 14.3 Å². The van der Waals surface area contributed by atoms with Gasteiger partial charge in [0, 0.05) is 18.1 Å². The van der Waals surface area contributed by atoms with Crippen LogP contribution in [0.2, 0.25) is 5.02 Å². The molecule has 0 aromatic heterocycles. The van der Waals surface area contributed by atoms with Crippen LogP contribution >= 0.6 is 11.6 Å². The van der Waals surface area contributed by atoms with Crippen LogP contribution in [-0.2, 0) is 17.8 Å². The molecule has 1 aliphatic rings. The molecular weight excluding hydrogens is 328 g/mol. The maximum absolute atomic E-state index is 11.8. The summed E-state index contributed by atoms with van der Waals surface area (Å²) >= 11 is 5.84. The van der Waals surface area contributed by atoms with Crippen molar-refractivity contribution in [1.29, 1.82) is 0 Å². The Morgan fingerprint density at radius 3 is 2.62 bits per heavy atom. The molecule has 0 atom stereocenters. The van der Waals surface area contributed by atoms with Crippen LogP contribution in [0.25, 0.3) is 0 Å². The van der Waals surface area contributed by atoms with E-state index < -0.39 is 0 Å².